The molecule has 1 atom stereocenters. The lowest BCUT2D eigenvalue weighted by Gasteiger charge is -2.20. The number of benzene rings is 7. The van der Waals surface area contributed by atoms with Crippen molar-refractivity contribution in [3.63, 3.8) is 0 Å². The van der Waals surface area contributed by atoms with E-state index < -0.39 is 0 Å². The van der Waals surface area contributed by atoms with Gasteiger partial charge in [-0.15, -0.1) is 0 Å². The molecule has 48 heavy (non-hydrogen) atoms. The third-order valence-electron chi connectivity index (χ3n) is 9.23. The first-order valence-corrected chi connectivity index (χ1v) is 16.4. The molecule has 0 radical (unpaired) electrons. The Bertz CT molecular complexity index is 2420. The van der Waals surface area contributed by atoms with Gasteiger partial charge in [-0.25, -0.2) is 0 Å². The molecule has 0 spiro atoms. The highest BCUT2D eigenvalue weighted by Gasteiger charge is 2.17. The Labute approximate surface area is 281 Å². The highest BCUT2D eigenvalue weighted by Crippen LogP contribution is 2.36. The molecule has 3 heteroatoms. The van der Waals surface area contributed by atoms with Gasteiger partial charge in [-0.2, -0.15) is 0 Å². The molecule has 0 aliphatic rings. The van der Waals surface area contributed by atoms with Crippen LogP contribution < -0.4 is 11.1 Å². The van der Waals surface area contributed by atoms with Gasteiger partial charge in [-0.1, -0.05) is 140 Å². The number of nitrogens with zero attached hydrogens (tertiary/aromatic N) is 1. The van der Waals surface area contributed by atoms with Crippen LogP contribution in [0.15, 0.2) is 176 Å². The van der Waals surface area contributed by atoms with Crippen molar-refractivity contribution < 1.29 is 0 Å². The second kappa shape index (κ2) is 13.0. The summed E-state index contributed by atoms with van der Waals surface area (Å²) in [5, 5.41) is 9.58. The summed E-state index contributed by atoms with van der Waals surface area (Å²) >= 11 is 0. The van der Waals surface area contributed by atoms with Gasteiger partial charge < -0.3 is 11.1 Å². The van der Waals surface area contributed by atoms with E-state index in [1.54, 1.807) is 0 Å². The van der Waals surface area contributed by atoms with Gasteiger partial charge in [-0.05, 0) is 85.3 Å². The van der Waals surface area contributed by atoms with Gasteiger partial charge in [0.05, 0.1) is 12.2 Å². The van der Waals surface area contributed by atoms with Crippen LogP contribution in [0.5, 0.6) is 0 Å². The Balaban J connectivity index is 1.23. The summed E-state index contributed by atoms with van der Waals surface area (Å²) in [5.41, 5.74) is 16.3. The molecule has 7 aromatic carbocycles. The topological polar surface area (TPSA) is 50.9 Å². The third kappa shape index (κ3) is 5.84. The largest absolute Gasteiger partial charge is 0.372 e. The minimum Gasteiger partial charge on any atom is -0.372 e. The highest BCUT2D eigenvalue weighted by molar-refractivity contribution is 5.89. The molecule has 0 saturated carbocycles. The summed E-state index contributed by atoms with van der Waals surface area (Å²) < 4.78 is 0. The lowest BCUT2D eigenvalue weighted by molar-refractivity contribution is 0.891. The maximum atomic E-state index is 6.18. The predicted molar refractivity (Wildman–Crippen MR) is 203 cm³/mol. The summed E-state index contributed by atoms with van der Waals surface area (Å²) in [6.07, 6.45) is 4.29. The lowest BCUT2D eigenvalue weighted by Crippen LogP contribution is -2.21. The van der Waals surface area contributed by atoms with Gasteiger partial charge in [0.25, 0.3) is 0 Å². The Morgan fingerprint density at radius 3 is 2.08 bits per heavy atom. The van der Waals surface area contributed by atoms with E-state index in [-0.39, 0.29) is 5.92 Å². The maximum Gasteiger partial charge on any atom is 0.0702 e. The fourth-order valence-electron chi connectivity index (χ4n) is 6.77. The van der Waals surface area contributed by atoms with Crippen molar-refractivity contribution in [2.45, 2.75) is 5.92 Å². The number of pyridine rings is 1. The Morgan fingerprint density at radius 1 is 0.562 bits per heavy atom. The zero-order valence-electron chi connectivity index (χ0n) is 26.6. The summed E-state index contributed by atoms with van der Waals surface area (Å²) in [6, 6.07) is 58.5. The molecule has 1 heterocycles. The zero-order valence-corrected chi connectivity index (χ0v) is 26.6. The number of allylic oxidation sites excluding steroid dienone is 1. The van der Waals surface area contributed by atoms with Crippen LogP contribution in [0.2, 0.25) is 0 Å². The van der Waals surface area contributed by atoms with Crippen molar-refractivity contribution in [2.75, 3.05) is 6.67 Å². The number of nitrogens with two attached hydrogens (primary N) is 1. The number of nitrogens with one attached hydrogen (secondary N) is 1. The molecule has 0 saturated heterocycles. The van der Waals surface area contributed by atoms with Crippen LogP contribution >= 0.6 is 0 Å². The first-order valence-electron chi connectivity index (χ1n) is 16.4. The molecule has 0 fully saturated rings. The van der Waals surface area contributed by atoms with Gasteiger partial charge in [0.1, 0.15) is 0 Å². The van der Waals surface area contributed by atoms with Gasteiger partial charge in [0.15, 0.2) is 0 Å². The molecule has 1 aromatic heterocycles. The maximum absolute atomic E-state index is 6.18. The molecule has 8 aromatic rings. The minimum absolute atomic E-state index is 0.0261. The van der Waals surface area contributed by atoms with Crippen LogP contribution in [0.3, 0.4) is 0 Å². The van der Waals surface area contributed by atoms with E-state index in [1.807, 2.05) is 18.3 Å². The molecule has 0 amide bonds. The number of fused-ring (bicyclic) bond motifs is 3. The minimum atomic E-state index is -0.0261. The third-order valence-corrected chi connectivity index (χ3v) is 9.23. The van der Waals surface area contributed by atoms with Crippen LogP contribution in [0.25, 0.3) is 60.4 Å². The molecule has 8 rings (SSSR count). The van der Waals surface area contributed by atoms with Crippen molar-refractivity contribution >= 4 is 38.1 Å². The fraction of sp³-hybridized carbons (Fsp3) is 0.0444. The molecular formula is C45H35N3. The Hall–Kier alpha value is -6.03. The quantitative estimate of drug-likeness (QED) is 0.167. The molecule has 3 nitrogen and oxygen atoms in total. The van der Waals surface area contributed by atoms with Crippen LogP contribution in [0.4, 0.5) is 0 Å². The number of aromatic nitrogens is 1. The zero-order chi connectivity index (χ0) is 32.3. The van der Waals surface area contributed by atoms with Crippen LogP contribution in [0.1, 0.15) is 22.6 Å². The molecule has 1 unspecified atom stereocenters. The van der Waals surface area contributed by atoms with Crippen LogP contribution in [-0.4, -0.2) is 11.7 Å². The van der Waals surface area contributed by atoms with E-state index in [0.717, 1.165) is 33.3 Å². The summed E-state index contributed by atoms with van der Waals surface area (Å²) in [4.78, 5) is 4.72. The molecular weight excluding hydrogens is 583 g/mol. The van der Waals surface area contributed by atoms with Crippen molar-refractivity contribution in [1.29, 1.82) is 0 Å². The summed E-state index contributed by atoms with van der Waals surface area (Å²) in [6.45, 7) is 0.316. The van der Waals surface area contributed by atoms with Crippen molar-refractivity contribution in [1.82, 2.24) is 10.3 Å². The fourth-order valence-corrected chi connectivity index (χ4v) is 6.77. The molecule has 0 bridgehead atoms. The van der Waals surface area contributed by atoms with Gasteiger partial charge in [0, 0.05) is 28.8 Å². The Kier molecular flexibility index (Phi) is 7.95. The molecule has 3 N–H and O–H groups in total. The summed E-state index contributed by atoms with van der Waals surface area (Å²) in [5.74, 6) is -0.0261. The molecule has 0 aliphatic heterocycles. The monoisotopic (exact) mass is 617 g/mol. The standard InChI is InChI=1S/C45H35N3/c46-30-48-45(39-15-7-14-36(26-39)40-27-38-12-4-6-18-44(38)47-29-40)28-43(42-17-8-13-33-10-3-5-16-41(33)42)34-22-19-32(20-23-34)37-24-21-31-9-1-2-11-35(31)25-37/h1-29,43,48H,30,46H2/b45-28-. The van der Waals surface area contributed by atoms with Crippen molar-refractivity contribution in [3.05, 3.63) is 193 Å². The first-order chi connectivity index (χ1) is 23.7. The van der Waals surface area contributed by atoms with Crippen LogP contribution in [-0.2, 0) is 0 Å². The van der Waals surface area contributed by atoms with Crippen molar-refractivity contribution in [3.8, 4) is 22.3 Å². The van der Waals surface area contributed by atoms with Crippen LogP contribution in [0, 0.1) is 0 Å². The second-order valence-corrected chi connectivity index (χ2v) is 12.2. The SMILES string of the molecule is NCN/C(=C\C(c1ccc(-c2ccc3ccccc3c2)cc1)c1cccc2ccccc12)c1cccc(-c2cnc3ccccc3c2)c1. The second-order valence-electron chi connectivity index (χ2n) is 12.2. The van der Waals surface area contributed by atoms with E-state index in [9.17, 15) is 0 Å². The Morgan fingerprint density at radius 2 is 1.23 bits per heavy atom. The number of rotatable bonds is 8. The molecule has 230 valence electrons. The van der Waals surface area contributed by atoms with E-state index in [4.69, 9.17) is 10.7 Å². The highest BCUT2D eigenvalue weighted by atomic mass is 15.0. The number of para-hydroxylation sites is 1. The molecule has 0 aliphatic carbocycles. The number of hydrogen-bond donors (Lipinski definition) is 2. The first kappa shape index (κ1) is 29.4. The van der Waals surface area contributed by atoms with Crippen molar-refractivity contribution in [2.24, 2.45) is 5.73 Å². The smallest absolute Gasteiger partial charge is 0.0702 e. The van der Waals surface area contributed by atoms with Gasteiger partial charge in [-0.3, -0.25) is 4.98 Å². The predicted octanol–water partition coefficient (Wildman–Crippen LogP) is 10.6. The summed E-state index contributed by atoms with van der Waals surface area (Å²) in [7, 11) is 0. The number of hydrogen-bond acceptors (Lipinski definition) is 3. The normalized spacial score (nSPS) is 12.4. The average Bonchev–Trinajstić information content (AvgIpc) is 3.16. The van der Waals surface area contributed by atoms with Gasteiger partial charge in [0.2, 0.25) is 0 Å². The lowest BCUT2D eigenvalue weighted by atomic mass is 9.85. The van der Waals surface area contributed by atoms with E-state index in [1.165, 1.54) is 43.8 Å². The van der Waals surface area contributed by atoms with E-state index >= 15 is 0 Å². The average molecular weight is 618 g/mol. The van der Waals surface area contributed by atoms with Gasteiger partial charge >= 0.3 is 0 Å². The van der Waals surface area contributed by atoms with E-state index in [0.29, 0.717) is 6.67 Å². The van der Waals surface area contributed by atoms with E-state index in [2.05, 4.69) is 163 Å².